The monoisotopic (exact) mass is 466 g/mol. The number of ether oxygens (including phenoxy) is 4. The molecule has 0 saturated carbocycles. The molecule has 0 aliphatic heterocycles. The fraction of sp³-hybridized carbons (Fsp3) is 0.308. The van der Waals surface area contributed by atoms with Crippen LogP contribution < -0.4 is 39.7 Å². The zero-order valence-electron chi connectivity index (χ0n) is 19.6. The molecule has 32 heavy (non-hydrogen) atoms. The van der Waals surface area contributed by atoms with Crippen molar-refractivity contribution in [3.05, 3.63) is 60.7 Å². The number of hydrogen-bond acceptors (Lipinski definition) is 4. The lowest BCUT2D eigenvalue weighted by Crippen LogP contribution is -2.32. The van der Waals surface area contributed by atoms with E-state index in [1.54, 1.807) is 0 Å². The molecule has 4 nitrogen and oxygen atoms in total. The minimum Gasteiger partial charge on any atom is -0.490 e. The van der Waals surface area contributed by atoms with Crippen LogP contribution in [0.4, 0.5) is 0 Å². The van der Waals surface area contributed by atoms with Crippen LogP contribution in [0.2, 0.25) is 0 Å². The quantitative estimate of drug-likeness (QED) is 0.379. The number of rotatable bonds is 12. The smallest absolute Gasteiger partial charge is 0.161 e. The average molecular weight is 467 g/mol. The molecule has 0 saturated heterocycles. The van der Waals surface area contributed by atoms with Crippen LogP contribution in [0.3, 0.4) is 0 Å². The Hall–Kier alpha value is -2.71. The Balaban J connectivity index is 1.78. The van der Waals surface area contributed by atoms with Crippen LogP contribution in [-0.2, 0) is 0 Å². The molecule has 0 atom stereocenters. The van der Waals surface area contributed by atoms with E-state index in [9.17, 15) is 0 Å². The van der Waals surface area contributed by atoms with Crippen LogP contribution in [-0.4, -0.2) is 45.5 Å². The highest BCUT2D eigenvalue weighted by Gasteiger charge is 2.13. The summed E-state index contributed by atoms with van der Waals surface area (Å²) in [4.78, 5) is 0. The van der Waals surface area contributed by atoms with Crippen molar-refractivity contribution in [1.82, 2.24) is 0 Å². The highest BCUT2D eigenvalue weighted by molar-refractivity contribution is 6.70. The maximum absolute atomic E-state index is 5.95. The highest BCUT2D eigenvalue weighted by Crippen LogP contribution is 2.25. The van der Waals surface area contributed by atoms with Gasteiger partial charge in [-0.05, 0) is 50.2 Å². The van der Waals surface area contributed by atoms with Crippen LogP contribution in [0.1, 0.15) is 27.7 Å². The van der Waals surface area contributed by atoms with Gasteiger partial charge in [-0.1, -0.05) is 58.9 Å². The number of hydrogen-bond donors (Lipinski definition) is 0. The summed E-state index contributed by atoms with van der Waals surface area (Å²) in [6.45, 7) is 10.6. The van der Waals surface area contributed by atoms with Gasteiger partial charge in [0.25, 0.3) is 0 Å². The molecule has 0 heterocycles. The van der Waals surface area contributed by atoms with Gasteiger partial charge in [0.05, 0.1) is 45.5 Å². The van der Waals surface area contributed by atoms with Gasteiger partial charge in [0, 0.05) is 0 Å². The minimum atomic E-state index is -0.672. The molecule has 3 rings (SSSR count). The summed E-state index contributed by atoms with van der Waals surface area (Å²) in [6, 6.07) is 21.6. The topological polar surface area (TPSA) is 36.9 Å². The molecular formula is C26H34O4Si2. The molecule has 6 heteroatoms. The average Bonchev–Trinajstić information content (AvgIpc) is 2.80. The van der Waals surface area contributed by atoms with E-state index >= 15 is 0 Å². The van der Waals surface area contributed by atoms with E-state index in [-0.39, 0.29) is 0 Å². The van der Waals surface area contributed by atoms with E-state index in [0.29, 0.717) is 26.4 Å². The van der Waals surface area contributed by atoms with E-state index in [0.717, 1.165) is 23.0 Å². The normalized spacial score (nSPS) is 11.4. The standard InChI is InChI=1S/C26H34O4Si2/c1-5-27-21-11-9-13-23(25(21)29-7-3)31-19-15-17-20(18-16-19)32-24-14-10-12-22(28-6-2)26(24)30-8-4/h9-18H,5-8,31-32H2,1-4H3. The molecule has 0 aliphatic rings. The van der Waals surface area contributed by atoms with E-state index in [2.05, 4.69) is 48.5 Å². The van der Waals surface area contributed by atoms with Gasteiger partial charge in [-0.3, -0.25) is 0 Å². The van der Waals surface area contributed by atoms with Crippen molar-refractivity contribution in [2.45, 2.75) is 27.7 Å². The number of benzene rings is 3. The Labute approximate surface area is 196 Å². The van der Waals surface area contributed by atoms with Gasteiger partial charge in [-0.25, -0.2) is 0 Å². The molecule has 0 aliphatic carbocycles. The third kappa shape index (κ3) is 6.17. The van der Waals surface area contributed by atoms with Gasteiger partial charge in [-0.2, -0.15) is 0 Å². The molecular weight excluding hydrogens is 432 g/mol. The Morgan fingerprint density at radius 2 is 0.875 bits per heavy atom. The minimum absolute atomic E-state index is 0.638. The Bertz CT molecular complexity index is 909. The molecule has 0 aromatic heterocycles. The molecule has 0 bridgehead atoms. The van der Waals surface area contributed by atoms with Gasteiger partial charge in [0.2, 0.25) is 0 Å². The van der Waals surface area contributed by atoms with Crippen molar-refractivity contribution in [2.75, 3.05) is 26.4 Å². The maximum Gasteiger partial charge on any atom is 0.161 e. The second kappa shape index (κ2) is 12.4. The van der Waals surface area contributed by atoms with Crippen LogP contribution in [0, 0.1) is 0 Å². The molecule has 3 aromatic rings. The second-order valence-electron chi connectivity index (χ2n) is 7.39. The summed E-state index contributed by atoms with van der Waals surface area (Å²) in [6.07, 6.45) is 0. The van der Waals surface area contributed by atoms with E-state index in [1.807, 2.05) is 39.8 Å². The molecule has 0 unspecified atom stereocenters. The van der Waals surface area contributed by atoms with Crippen LogP contribution in [0.15, 0.2) is 60.7 Å². The fourth-order valence-electron chi connectivity index (χ4n) is 3.77. The number of para-hydroxylation sites is 2. The Kier molecular flexibility index (Phi) is 9.25. The first-order valence-electron chi connectivity index (χ1n) is 11.5. The fourth-order valence-corrected chi connectivity index (χ4v) is 6.97. The first-order chi connectivity index (χ1) is 15.7. The SMILES string of the molecule is CCOc1cccc([SiH2]c2ccc([SiH2]c3cccc(OCC)c3OCC)cc2)c1OCC. The van der Waals surface area contributed by atoms with Gasteiger partial charge >= 0.3 is 0 Å². The van der Waals surface area contributed by atoms with Gasteiger partial charge in [0.1, 0.15) is 0 Å². The molecule has 0 radical (unpaired) electrons. The van der Waals surface area contributed by atoms with E-state index in [4.69, 9.17) is 18.9 Å². The lowest BCUT2D eigenvalue weighted by molar-refractivity contribution is 0.290. The molecule has 3 aromatic carbocycles. The molecule has 0 amide bonds. The summed E-state index contributed by atoms with van der Waals surface area (Å²) in [7, 11) is -1.34. The molecule has 0 spiro atoms. The van der Waals surface area contributed by atoms with Crippen LogP contribution in [0.5, 0.6) is 23.0 Å². The van der Waals surface area contributed by atoms with Crippen molar-refractivity contribution in [2.24, 2.45) is 0 Å². The predicted molar refractivity (Wildman–Crippen MR) is 140 cm³/mol. The lowest BCUT2D eigenvalue weighted by Gasteiger charge is -2.16. The molecule has 0 fully saturated rings. The van der Waals surface area contributed by atoms with Crippen LogP contribution >= 0.6 is 0 Å². The summed E-state index contributed by atoms with van der Waals surface area (Å²) in [5.74, 6) is 3.52. The molecule has 170 valence electrons. The highest BCUT2D eigenvalue weighted by atomic mass is 28.2. The third-order valence-corrected chi connectivity index (χ3v) is 8.74. The largest absolute Gasteiger partial charge is 0.490 e. The first kappa shape index (κ1) is 23.9. The van der Waals surface area contributed by atoms with Crippen molar-refractivity contribution >= 4 is 39.8 Å². The Morgan fingerprint density at radius 1 is 0.500 bits per heavy atom. The summed E-state index contributed by atoms with van der Waals surface area (Å²) in [5.41, 5.74) is 0. The van der Waals surface area contributed by atoms with Gasteiger partial charge < -0.3 is 18.9 Å². The van der Waals surface area contributed by atoms with Crippen LogP contribution in [0.25, 0.3) is 0 Å². The Morgan fingerprint density at radius 3 is 1.22 bits per heavy atom. The summed E-state index contributed by atoms with van der Waals surface area (Å²) < 4.78 is 23.5. The van der Waals surface area contributed by atoms with Crippen molar-refractivity contribution in [1.29, 1.82) is 0 Å². The second-order valence-corrected chi connectivity index (χ2v) is 11.3. The first-order valence-corrected chi connectivity index (χ1v) is 14.4. The van der Waals surface area contributed by atoms with E-state index in [1.165, 1.54) is 20.7 Å². The van der Waals surface area contributed by atoms with Crippen molar-refractivity contribution < 1.29 is 18.9 Å². The lowest BCUT2D eigenvalue weighted by atomic mass is 10.3. The summed E-state index contributed by atoms with van der Waals surface area (Å²) >= 11 is 0. The molecule has 0 N–H and O–H groups in total. The van der Waals surface area contributed by atoms with Gasteiger partial charge in [-0.15, -0.1) is 0 Å². The summed E-state index contributed by atoms with van der Waals surface area (Å²) in [5, 5.41) is 5.35. The maximum atomic E-state index is 5.95. The van der Waals surface area contributed by atoms with Gasteiger partial charge in [0.15, 0.2) is 23.0 Å². The zero-order valence-corrected chi connectivity index (χ0v) is 22.5. The predicted octanol–water partition coefficient (Wildman–Crippen LogP) is 1.52. The van der Waals surface area contributed by atoms with Crippen molar-refractivity contribution in [3.8, 4) is 23.0 Å². The zero-order chi connectivity index (χ0) is 22.8. The van der Waals surface area contributed by atoms with E-state index < -0.39 is 19.0 Å². The third-order valence-electron chi connectivity index (χ3n) is 5.11. The van der Waals surface area contributed by atoms with Crippen molar-refractivity contribution in [3.63, 3.8) is 0 Å².